The molecule has 0 bridgehead atoms. The van der Waals surface area contributed by atoms with Gasteiger partial charge in [0, 0.05) is 24.0 Å². The maximum absolute atomic E-state index is 13.7. The van der Waals surface area contributed by atoms with E-state index >= 15 is 0 Å². The Bertz CT molecular complexity index is 1080. The van der Waals surface area contributed by atoms with Gasteiger partial charge in [0.15, 0.2) is 0 Å². The Labute approximate surface area is 206 Å². The summed E-state index contributed by atoms with van der Waals surface area (Å²) in [7, 11) is 0. The molecule has 3 aromatic carbocycles. The number of amides is 2. The third-order valence-electron chi connectivity index (χ3n) is 6.41. The van der Waals surface area contributed by atoms with Crippen LogP contribution in [0.15, 0.2) is 84.9 Å². The second kappa shape index (κ2) is 11.8. The monoisotopic (exact) mass is 474 g/mol. The molecule has 0 spiro atoms. The van der Waals surface area contributed by atoms with Crippen LogP contribution in [-0.4, -0.2) is 28.8 Å². The first-order valence-corrected chi connectivity index (χ1v) is 12.4. The fourth-order valence-electron chi connectivity index (χ4n) is 4.63. The van der Waals surface area contributed by atoms with Crippen molar-refractivity contribution in [2.45, 2.75) is 57.2 Å². The molecule has 3 aromatic rings. The van der Waals surface area contributed by atoms with E-state index in [0.717, 1.165) is 42.4 Å². The summed E-state index contributed by atoms with van der Waals surface area (Å²) < 4.78 is 0. The van der Waals surface area contributed by atoms with Crippen molar-refractivity contribution in [3.05, 3.63) is 107 Å². The van der Waals surface area contributed by atoms with Crippen molar-refractivity contribution in [2.24, 2.45) is 0 Å². The molecule has 0 aromatic heterocycles. The Balaban J connectivity index is 1.65. The average molecular weight is 475 g/mol. The summed E-state index contributed by atoms with van der Waals surface area (Å²) in [4.78, 5) is 29.0. The molecule has 0 heterocycles. The van der Waals surface area contributed by atoms with E-state index in [-0.39, 0.29) is 24.3 Å². The molecule has 5 heteroatoms. The van der Waals surface area contributed by atoms with Gasteiger partial charge in [-0.25, -0.2) is 0 Å². The normalized spacial score (nSPS) is 14.5. The molecule has 1 aliphatic carbocycles. The van der Waals surface area contributed by atoms with E-state index in [1.807, 2.05) is 84.9 Å². The van der Waals surface area contributed by atoms with E-state index in [9.17, 15) is 9.59 Å². The summed E-state index contributed by atoms with van der Waals surface area (Å²) in [6.07, 6.45) is 4.96. The van der Waals surface area contributed by atoms with Gasteiger partial charge < -0.3 is 10.2 Å². The van der Waals surface area contributed by atoms with Gasteiger partial charge in [-0.15, -0.1) is 0 Å². The first kappa shape index (κ1) is 24.0. The van der Waals surface area contributed by atoms with Crippen molar-refractivity contribution in [3.8, 4) is 0 Å². The van der Waals surface area contributed by atoms with Crippen molar-refractivity contribution in [1.82, 2.24) is 10.2 Å². The van der Waals surface area contributed by atoms with Crippen LogP contribution in [0, 0.1) is 0 Å². The van der Waals surface area contributed by atoms with E-state index in [4.69, 9.17) is 11.6 Å². The lowest BCUT2D eigenvalue weighted by Gasteiger charge is -2.32. The van der Waals surface area contributed by atoms with Crippen molar-refractivity contribution < 1.29 is 9.59 Å². The average Bonchev–Trinajstić information content (AvgIpc) is 3.35. The SMILES string of the molecule is O=C(NC1CCCC1)C(Cc1ccccc1)N(Cc1cccc(Cl)c1)C(=O)Cc1ccccc1. The number of hydrogen-bond donors (Lipinski definition) is 1. The third-order valence-corrected chi connectivity index (χ3v) is 6.65. The summed E-state index contributed by atoms with van der Waals surface area (Å²) in [6.45, 7) is 0.321. The predicted molar refractivity (Wildman–Crippen MR) is 136 cm³/mol. The zero-order chi connectivity index (χ0) is 23.8. The Morgan fingerprint density at radius 3 is 2.12 bits per heavy atom. The number of carbonyl (C=O) groups excluding carboxylic acids is 2. The second-order valence-corrected chi connectivity index (χ2v) is 9.45. The van der Waals surface area contributed by atoms with Crippen molar-refractivity contribution in [3.63, 3.8) is 0 Å². The third kappa shape index (κ3) is 6.71. The highest BCUT2D eigenvalue weighted by molar-refractivity contribution is 6.30. The number of nitrogens with one attached hydrogen (secondary N) is 1. The van der Waals surface area contributed by atoms with Gasteiger partial charge in [-0.1, -0.05) is 97.2 Å². The van der Waals surface area contributed by atoms with E-state index in [0.29, 0.717) is 18.0 Å². The van der Waals surface area contributed by atoms with E-state index in [1.54, 1.807) is 4.90 Å². The lowest BCUT2D eigenvalue weighted by atomic mass is 10.0. The van der Waals surface area contributed by atoms with Gasteiger partial charge in [0.2, 0.25) is 11.8 Å². The van der Waals surface area contributed by atoms with Crippen molar-refractivity contribution in [2.75, 3.05) is 0 Å². The number of rotatable bonds is 9. The zero-order valence-corrected chi connectivity index (χ0v) is 20.1. The number of hydrogen-bond acceptors (Lipinski definition) is 2. The van der Waals surface area contributed by atoms with E-state index < -0.39 is 6.04 Å². The van der Waals surface area contributed by atoms with Crippen LogP contribution in [0.4, 0.5) is 0 Å². The maximum atomic E-state index is 13.7. The molecular weight excluding hydrogens is 444 g/mol. The molecule has 0 aliphatic heterocycles. The number of nitrogens with zero attached hydrogens (tertiary/aromatic N) is 1. The van der Waals surface area contributed by atoms with Gasteiger partial charge in [-0.3, -0.25) is 9.59 Å². The minimum absolute atomic E-state index is 0.0753. The largest absolute Gasteiger partial charge is 0.352 e. The second-order valence-electron chi connectivity index (χ2n) is 9.01. The molecule has 1 aliphatic rings. The Kier molecular flexibility index (Phi) is 8.37. The molecule has 2 amide bonds. The predicted octanol–water partition coefficient (Wildman–Crippen LogP) is 5.58. The highest BCUT2D eigenvalue weighted by Crippen LogP contribution is 2.21. The summed E-state index contributed by atoms with van der Waals surface area (Å²) in [5, 5.41) is 3.85. The minimum atomic E-state index is -0.613. The summed E-state index contributed by atoms with van der Waals surface area (Å²) in [6, 6.07) is 26.7. The summed E-state index contributed by atoms with van der Waals surface area (Å²) >= 11 is 6.24. The molecule has 34 heavy (non-hydrogen) atoms. The molecule has 1 atom stereocenters. The van der Waals surface area contributed by atoms with Crippen LogP contribution < -0.4 is 5.32 Å². The van der Waals surface area contributed by atoms with Crippen molar-refractivity contribution >= 4 is 23.4 Å². The number of halogens is 1. The molecule has 4 nitrogen and oxygen atoms in total. The molecule has 1 N–H and O–H groups in total. The van der Waals surface area contributed by atoms with E-state index in [2.05, 4.69) is 5.32 Å². The molecule has 4 rings (SSSR count). The highest BCUT2D eigenvalue weighted by atomic mass is 35.5. The molecule has 0 saturated heterocycles. The smallest absolute Gasteiger partial charge is 0.243 e. The lowest BCUT2D eigenvalue weighted by Crippen LogP contribution is -2.52. The number of benzene rings is 3. The molecule has 1 fully saturated rings. The Morgan fingerprint density at radius 2 is 1.47 bits per heavy atom. The van der Waals surface area contributed by atoms with Crippen LogP contribution in [-0.2, 0) is 29.0 Å². The topological polar surface area (TPSA) is 49.4 Å². The standard InChI is InChI=1S/C29H31ClN2O2/c30-25-15-9-14-24(18-25)21-32(28(33)20-23-12-5-2-6-13-23)27(19-22-10-3-1-4-11-22)29(34)31-26-16-7-8-17-26/h1-6,9-15,18,26-27H,7-8,16-17,19-21H2,(H,31,34). The van der Waals surface area contributed by atoms with Gasteiger partial charge in [0.1, 0.15) is 6.04 Å². The molecule has 1 unspecified atom stereocenters. The van der Waals surface area contributed by atoms with E-state index in [1.165, 1.54) is 0 Å². The van der Waals surface area contributed by atoms with Crippen LogP contribution in [0.2, 0.25) is 5.02 Å². The Morgan fingerprint density at radius 1 is 0.853 bits per heavy atom. The van der Waals surface area contributed by atoms with Crippen LogP contribution in [0.5, 0.6) is 0 Å². The zero-order valence-electron chi connectivity index (χ0n) is 19.3. The molecule has 0 radical (unpaired) electrons. The maximum Gasteiger partial charge on any atom is 0.243 e. The molecular formula is C29H31ClN2O2. The number of carbonyl (C=O) groups is 2. The molecule has 176 valence electrons. The molecule has 1 saturated carbocycles. The van der Waals surface area contributed by atoms with Crippen LogP contribution in [0.3, 0.4) is 0 Å². The van der Waals surface area contributed by atoms with Crippen LogP contribution >= 0.6 is 11.6 Å². The van der Waals surface area contributed by atoms with Gasteiger partial charge in [-0.2, -0.15) is 0 Å². The van der Waals surface area contributed by atoms with Gasteiger partial charge in [0.25, 0.3) is 0 Å². The summed E-state index contributed by atoms with van der Waals surface area (Å²) in [5.74, 6) is -0.159. The first-order valence-electron chi connectivity index (χ1n) is 12.0. The highest BCUT2D eigenvalue weighted by Gasteiger charge is 2.32. The van der Waals surface area contributed by atoms with Gasteiger partial charge >= 0.3 is 0 Å². The Hall–Kier alpha value is -3.11. The first-order chi connectivity index (χ1) is 16.6. The summed E-state index contributed by atoms with van der Waals surface area (Å²) in [5.41, 5.74) is 2.86. The van der Waals surface area contributed by atoms with Crippen molar-refractivity contribution in [1.29, 1.82) is 0 Å². The van der Waals surface area contributed by atoms with Gasteiger partial charge in [0.05, 0.1) is 6.42 Å². The minimum Gasteiger partial charge on any atom is -0.352 e. The quantitative estimate of drug-likeness (QED) is 0.440. The van der Waals surface area contributed by atoms with Crippen LogP contribution in [0.25, 0.3) is 0 Å². The van der Waals surface area contributed by atoms with Gasteiger partial charge in [-0.05, 0) is 41.7 Å². The van der Waals surface area contributed by atoms with Crippen LogP contribution in [0.1, 0.15) is 42.4 Å². The fourth-order valence-corrected chi connectivity index (χ4v) is 4.84. The fraction of sp³-hybridized carbons (Fsp3) is 0.310. The lowest BCUT2D eigenvalue weighted by molar-refractivity contribution is -0.141.